The first kappa shape index (κ1) is 21.1. The minimum Gasteiger partial charge on any atom is -0.293 e. The molecule has 6 nitrogen and oxygen atoms in total. The van der Waals surface area contributed by atoms with E-state index in [2.05, 4.69) is 72.0 Å². The van der Waals surface area contributed by atoms with Crippen LogP contribution in [0.3, 0.4) is 0 Å². The standard InChI is InChI=1S/C25H31N5O/c1-17(20-10-9-19-8-6-12-24(2,3)21(19)16-20)15-18-7-5-13-25(4,14-11-18)22(31)26-23-27-29-30-28-23/h5,7,9-11,13-16,29-30H,6,8,12H2,1-4H3,(H2,26,27,28,31)/b17-15+. The topological polar surface area (TPSA) is 77.5 Å². The van der Waals surface area contributed by atoms with Gasteiger partial charge in [-0.25, -0.2) is 5.53 Å². The fourth-order valence-corrected chi connectivity index (χ4v) is 4.35. The van der Waals surface area contributed by atoms with Gasteiger partial charge in [0, 0.05) is 0 Å². The quantitative estimate of drug-likeness (QED) is 0.604. The summed E-state index contributed by atoms with van der Waals surface area (Å²) < 4.78 is 0. The summed E-state index contributed by atoms with van der Waals surface area (Å²) in [5.74, 6) is 0.181. The molecule has 0 aromatic heterocycles. The fourth-order valence-electron chi connectivity index (χ4n) is 4.35. The van der Waals surface area contributed by atoms with Crippen molar-refractivity contribution in [3.8, 4) is 0 Å². The summed E-state index contributed by atoms with van der Waals surface area (Å²) in [7, 11) is 0. The first-order valence-corrected chi connectivity index (χ1v) is 10.8. The van der Waals surface area contributed by atoms with Crippen LogP contribution in [0.25, 0.3) is 5.57 Å². The SMILES string of the molecule is C/C(=C\C1=CC=CC(C)(C(=O)NC2=NNNN2)C=C1)c1ccc2c(c1)C(C)(C)CCC2. The van der Waals surface area contributed by atoms with E-state index in [9.17, 15) is 4.79 Å². The number of amides is 1. The molecule has 3 aliphatic rings. The Kier molecular flexibility index (Phi) is 5.58. The fraction of sp³-hybridized carbons (Fsp3) is 0.360. The second kappa shape index (κ2) is 8.19. The van der Waals surface area contributed by atoms with Gasteiger partial charge in [-0.15, -0.1) is 10.6 Å². The van der Waals surface area contributed by atoms with Crippen LogP contribution in [-0.2, 0) is 16.6 Å². The van der Waals surface area contributed by atoms with Crippen molar-refractivity contribution in [2.75, 3.05) is 0 Å². The lowest BCUT2D eigenvalue weighted by Crippen LogP contribution is -2.47. The lowest BCUT2D eigenvalue weighted by atomic mass is 9.72. The Balaban J connectivity index is 1.53. The van der Waals surface area contributed by atoms with Crippen molar-refractivity contribution in [1.82, 2.24) is 21.8 Å². The number of hydrogen-bond donors (Lipinski definition) is 4. The van der Waals surface area contributed by atoms with Gasteiger partial charge in [0.15, 0.2) is 0 Å². The number of hydrogen-bond acceptors (Lipinski definition) is 5. The van der Waals surface area contributed by atoms with Gasteiger partial charge in [-0.2, -0.15) is 0 Å². The highest BCUT2D eigenvalue weighted by Gasteiger charge is 2.30. The van der Waals surface area contributed by atoms with Crippen LogP contribution in [0.2, 0.25) is 0 Å². The monoisotopic (exact) mass is 417 g/mol. The molecule has 1 unspecified atom stereocenters. The summed E-state index contributed by atoms with van der Waals surface area (Å²) in [5, 5.41) is 6.66. The lowest BCUT2D eigenvalue weighted by Gasteiger charge is -2.33. The smallest absolute Gasteiger partial charge is 0.240 e. The minimum absolute atomic E-state index is 0.163. The van der Waals surface area contributed by atoms with E-state index in [4.69, 9.17) is 0 Å². The number of guanidine groups is 1. The zero-order chi connectivity index (χ0) is 22.1. The van der Waals surface area contributed by atoms with Crippen LogP contribution in [0.4, 0.5) is 0 Å². The van der Waals surface area contributed by atoms with Crippen LogP contribution in [0.15, 0.2) is 65.3 Å². The third-order valence-electron chi connectivity index (χ3n) is 6.40. The van der Waals surface area contributed by atoms with E-state index in [1.807, 2.05) is 37.3 Å². The van der Waals surface area contributed by atoms with E-state index in [0.717, 1.165) is 5.57 Å². The van der Waals surface area contributed by atoms with E-state index < -0.39 is 5.41 Å². The average molecular weight is 418 g/mol. The van der Waals surface area contributed by atoms with Gasteiger partial charge in [0.05, 0.1) is 5.41 Å². The number of carbonyl (C=O) groups excluding carboxylic acids is 1. The van der Waals surface area contributed by atoms with Gasteiger partial charge < -0.3 is 0 Å². The lowest BCUT2D eigenvalue weighted by molar-refractivity contribution is -0.124. The third kappa shape index (κ3) is 4.49. The van der Waals surface area contributed by atoms with Crippen molar-refractivity contribution in [2.45, 2.75) is 52.4 Å². The Morgan fingerprint density at radius 3 is 2.84 bits per heavy atom. The van der Waals surface area contributed by atoms with Crippen LogP contribution >= 0.6 is 0 Å². The molecule has 31 heavy (non-hydrogen) atoms. The van der Waals surface area contributed by atoms with Crippen molar-refractivity contribution in [2.24, 2.45) is 10.5 Å². The van der Waals surface area contributed by atoms with E-state index in [0.29, 0.717) is 5.96 Å². The number of nitrogens with one attached hydrogen (secondary N) is 4. The molecule has 0 spiro atoms. The van der Waals surface area contributed by atoms with Gasteiger partial charge in [-0.05, 0) is 66.4 Å². The Labute approximate surface area is 184 Å². The normalized spacial score (nSPS) is 24.3. The van der Waals surface area contributed by atoms with E-state index in [1.165, 1.54) is 41.5 Å². The summed E-state index contributed by atoms with van der Waals surface area (Å²) in [6.45, 7) is 8.72. The maximum atomic E-state index is 12.7. The van der Waals surface area contributed by atoms with E-state index >= 15 is 0 Å². The largest absolute Gasteiger partial charge is 0.293 e. The highest BCUT2D eigenvalue weighted by Crippen LogP contribution is 2.38. The Hall–Kier alpha value is -3.12. The van der Waals surface area contributed by atoms with E-state index in [-0.39, 0.29) is 11.3 Å². The highest BCUT2D eigenvalue weighted by atomic mass is 16.2. The number of hydrazone groups is 1. The molecule has 1 heterocycles. The van der Waals surface area contributed by atoms with Crippen molar-refractivity contribution < 1.29 is 4.79 Å². The van der Waals surface area contributed by atoms with Gasteiger partial charge >= 0.3 is 0 Å². The van der Waals surface area contributed by atoms with Crippen LogP contribution in [-0.4, -0.2) is 11.9 Å². The molecule has 6 heteroatoms. The van der Waals surface area contributed by atoms with Gasteiger partial charge in [0.25, 0.3) is 0 Å². The number of rotatable bonds is 3. The predicted molar refractivity (Wildman–Crippen MR) is 126 cm³/mol. The van der Waals surface area contributed by atoms with Gasteiger partial charge in [0.1, 0.15) is 0 Å². The molecule has 4 N–H and O–H groups in total. The molecular weight excluding hydrogens is 386 g/mol. The maximum Gasteiger partial charge on any atom is 0.240 e. The van der Waals surface area contributed by atoms with Crippen molar-refractivity contribution in [3.05, 3.63) is 76.9 Å². The molecule has 1 aromatic carbocycles. The zero-order valence-electron chi connectivity index (χ0n) is 18.7. The van der Waals surface area contributed by atoms with Crippen LogP contribution in [0.5, 0.6) is 0 Å². The molecule has 0 saturated carbocycles. The molecule has 0 fully saturated rings. The molecule has 0 radical (unpaired) electrons. The van der Waals surface area contributed by atoms with Gasteiger partial charge in [-0.1, -0.05) is 68.5 Å². The second-order valence-corrected chi connectivity index (χ2v) is 9.35. The highest BCUT2D eigenvalue weighted by molar-refractivity contribution is 6.01. The number of fused-ring (bicyclic) bond motifs is 1. The van der Waals surface area contributed by atoms with Crippen LogP contribution in [0.1, 0.15) is 57.2 Å². The molecular formula is C25H31N5O. The molecule has 1 amide bonds. The first-order chi connectivity index (χ1) is 14.8. The Morgan fingerprint density at radius 1 is 1.23 bits per heavy atom. The summed E-state index contributed by atoms with van der Waals surface area (Å²) in [5.41, 5.74) is 13.8. The maximum absolute atomic E-state index is 12.7. The van der Waals surface area contributed by atoms with E-state index in [1.54, 1.807) is 0 Å². The number of allylic oxidation sites excluding steroid dienone is 6. The van der Waals surface area contributed by atoms with Gasteiger partial charge in [-0.3, -0.25) is 15.5 Å². The molecule has 0 bridgehead atoms. The van der Waals surface area contributed by atoms with Crippen molar-refractivity contribution in [1.29, 1.82) is 0 Å². The molecule has 1 aliphatic heterocycles. The molecule has 0 saturated heterocycles. The average Bonchev–Trinajstić information content (AvgIpc) is 3.17. The first-order valence-electron chi connectivity index (χ1n) is 10.8. The molecule has 2 aliphatic carbocycles. The molecule has 1 atom stereocenters. The molecule has 1 aromatic rings. The van der Waals surface area contributed by atoms with Crippen molar-refractivity contribution in [3.63, 3.8) is 0 Å². The second-order valence-electron chi connectivity index (χ2n) is 9.35. The summed E-state index contributed by atoms with van der Waals surface area (Å²) >= 11 is 0. The summed E-state index contributed by atoms with van der Waals surface area (Å²) in [4.78, 5) is 12.7. The van der Waals surface area contributed by atoms with Crippen LogP contribution < -0.4 is 21.8 Å². The Bertz CT molecular complexity index is 1040. The number of hydrazine groups is 2. The minimum atomic E-state index is -0.775. The molecule has 162 valence electrons. The third-order valence-corrected chi connectivity index (χ3v) is 6.40. The number of carbonyl (C=O) groups is 1. The number of aryl methyl sites for hydroxylation is 1. The predicted octanol–water partition coefficient (Wildman–Crippen LogP) is 3.76. The van der Waals surface area contributed by atoms with Crippen molar-refractivity contribution >= 4 is 17.4 Å². The molecule has 4 rings (SSSR count). The number of benzene rings is 1. The summed E-state index contributed by atoms with van der Waals surface area (Å²) in [6.07, 6.45) is 15.7. The number of nitrogens with zero attached hydrogens (tertiary/aromatic N) is 1. The van der Waals surface area contributed by atoms with Crippen LogP contribution in [0, 0.1) is 5.41 Å². The Morgan fingerprint density at radius 2 is 2.06 bits per heavy atom. The zero-order valence-corrected chi connectivity index (χ0v) is 18.7. The summed E-state index contributed by atoms with van der Waals surface area (Å²) in [6, 6.07) is 6.90. The van der Waals surface area contributed by atoms with Gasteiger partial charge in [0.2, 0.25) is 11.9 Å².